The van der Waals surface area contributed by atoms with E-state index < -0.39 is 39.4 Å². The van der Waals surface area contributed by atoms with Crippen LogP contribution in [0, 0.1) is 0 Å². The standard InChI is InChI=1S/C24H15F6N3O3S/c25-23(26,27)16-10-15(11-17(12-16)24(28,29)30)19-7-5-13-9-14(6-8-18(13)32-19)22(34)33-20-3-1-2-4-21(20)37(31,35)36/h1-12H,(H,33,34)(H2,31,35,36). The fourth-order valence-corrected chi connectivity index (χ4v) is 4.24. The zero-order valence-electron chi connectivity index (χ0n) is 18.4. The SMILES string of the molecule is NS(=O)(=O)c1ccccc1NC(=O)c1ccc2nc(-c3cc(C(F)(F)F)cc(C(F)(F)F)c3)ccc2c1. The highest BCUT2D eigenvalue weighted by molar-refractivity contribution is 7.89. The Bertz CT molecular complexity index is 1600. The van der Waals surface area contributed by atoms with Gasteiger partial charge in [-0.15, -0.1) is 0 Å². The Labute approximate surface area is 205 Å². The number of fused-ring (bicyclic) bond motifs is 1. The van der Waals surface area contributed by atoms with Crippen LogP contribution >= 0.6 is 0 Å². The van der Waals surface area contributed by atoms with Gasteiger partial charge in [-0.3, -0.25) is 4.79 Å². The van der Waals surface area contributed by atoms with Crippen molar-refractivity contribution >= 4 is 32.5 Å². The number of para-hydroxylation sites is 1. The van der Waals surface area contributed by atoms with E-state index in [2.05, 4.69) is 10.3 Å². The Balaban J connectivity index is 1.69. The molecule has 0 radical (unpaired) electrons. The van der Waals surface area contributed by atoms with Crippen LogP contribution in [0.1, 0.15) is 21.5 Å². The van der Waals surface area contributed by atoms with Crippen LogP contribution in [0.4, 0.5) is 32.0 Å². The summed E-state index contributed by atoms with van der Waals surface area (Å²) in [5, 5.41) is 7.97. The van der Waals surface area contributed by atoms with Crippen LogP contribution in [0.3, 0.4) is 0 Å². The van der Waals surface area contributed by atoms with Gasteiger partial charge in [0.1, 0.15) is 4.90 Å². The van der Waals surface area contributed by atoms with Crippen LogP contribution in [-0.2, 0) is 22.4 Å². The number of hydrogen-bond donors (Lipinski definition) is 2. The minimum Gasteiger partial charge on any atom is -0.321 e. The van der Waals surface area contributed by atoms with Gasteiger partial charge in [0, 0.05) is 16.5 Å². The molecular formula is C24H15F6N3O3S. The van der Waals surface area contributed by atoms with Crippen molar-refractivity contribution in [2.45, 2.75) is 17.2 Å². The number of carbonyl (C=O) groups excluding carboxylic acids is 1. The number of alkyl halides is 6. The summed E-state index contributed by atoms with van der Waals surface area (Å²) in [7, 11) is -4.12. The normalized spacial score (nSPS) is 12.5. The lowest BCUT2D eigenvalue weighted by Gasteiger charge is -2.14. The zero-order valence-corrected chi connectivity index (χ0v) is 19.2. The predicted molar refractivity (Wildman–Crippen MR) is 123 cm³/mol. The molecule has 13 heteroatoms. The van der Waals surface area contributed by atoms with Gasteiger partial charge < -0.3 is 5.32 Å². The van der Waals surface area contributed by atoms with Crippen molar-refractivity contribution in [3.05, 3.63) is 89.5 Å². The monoisotopic (exact) mass is 539 g/mol. The highest BCUT2D eigenvalue weighted by Crippen LogP contribution is 2.38. The molecule has 4 aromatic rings. The van der Waals surface area contributed by atoms with Gasteiger partial charge in [-0.05, 0) is 54.6 Å². The Morgan fingerprint density at radius 1 is 0.811 bits per heavy atom. The molecule has 0 unspecified atom stereocenters. The number of nitrogens with one attached hydrogen (secondary N) is 1. The Hall–Kier alpha value is -3.97. The molecule has 1 amide bonds. The van der Waals surface area contributed by atoms with Gasteiger partial charge in [0.15, 0.2) is 0 Å². The third-order valence-electron chi connectivity index (χ3n) is 5.28. The largest absolute Gasteiger partial charge is 0.416 e. The predicted octanol–water partition coefficient (Wildman–Crippen LogP) is 5.84. The molecule has 0 saturated carbocycles. The number of carbonyl (C=O) groups is 1. The second kappa shape index (κ2) is 9.16. The van der Waals surface area contributed by atoms with Crippen molar-refractivity contribution in [3.8, 4) is 11.3 Å². The van der Waals surface area contributed by atoms with E-state index >= 15 is 0 Å². The Morgan fingerprint density at radius 2 is 1.43 bits per heavy atom. The lowest BCUT2D eigenvalue weighted by atomic mass is 10.0. The van der Waals surface area contributed by atoms with Crippen LogP contribution in [0.25, 0.3) is 22.2 Å². The molecule has 0 bridgehead atoms. The maximum atomic E-state index is 13.2. The third-order valence-corrected chi connectivity index (χ3v) is 6.25. The number of nitrogens with zero attached hydrogens (tertiary/aromatic N) is 1. The van der Waals surface area contributed by atoms with Crippen LogP contribution in [0.2, 0.25) is 0 Å². The van der Waals surface area contributed by atoms with Gasteiger partial charge in [-0.25, -0.2) is 18.5 Å². The quantitative estimate of drug-likeness (QED) is 0.318. The summed E-state index contributed by atoms with van der Waals surface area (Å²) in [6.45, 7) is 0. The molecule has 0 aliphatic heterocycles. The number of nitrogens with two attached hydrogens (primary N) is 1. The first-order valence-corrected chi connectivity index (χ1v) is 11.8. The molecule has 6 nitrogen and oxygen atoms in total. The number of aromatic nitrogens is 1. The molecule has 3 N–H and O–H groups in total. The smallest absolute Gasteiger partial charge is 0.321 e. The number of pyridine rings is 1. The van der Waals surface area contributed by atoms with E-state index in [1.54, 1.807) is 0 Å². The van der Waals surface area contributed by atoms with Gasteiger partial charge in [0.05, 0.1) is 28.0 Å². The van der Waals surface area contributed by atoms with Gasteiger partial charge in [0.25, 0.3) is 5.91 Å². The average molecular weight is 539 g/mol. The summed E-state index contributed by atoms with van der Waals surface area (Å²) in [4.78, 5) is 16.6. The molecule has 4 rings (SSSR count). The highest BCUT2D eigenvalue weighted by Gasteiger charge is 2.37. The van der Waals surface area contributed by atoms with Crippen molar-refractivity contribution in [2.24, 2.45) is 5.14 Å². The number of rotatable bonds is 4. The lowest BCUT2D eigenvalue weighted by Crippen LogP contribution is -2.18. The van der Waals surface area contributed by atoms with Crippen molar-refractivity contribution in [1.29, 1.82) is 0 Å². The van der Waals surface area contributed by atoms with Crippen LogP contribution in [0.5, 0.6) is 0 Å². The molecule has 0 aliphatic rings. The molecule has 1 aromatic heterocycles. The van der Waals surface area contributed by atoms with Crippen molar-refractivity contribution in [1.82, 2.24) is 4.98 Å². The maximum absolute atomic E-state index is 13.2. The lowest BCUT2D eigenvalue weighted by molar-refractivity contribution is -0.143. The summed E-state index contributed by atoms with van der Waals surface area (Å²) in [5.74, 6) is -0.685. The van der Waals surface area contributed by atoms with E-state index in [1.165, 1.54) is 54.6 Å². The number of sulfonamides is 1. The minimum absolute atomic E-state index is 0.0312. The van der Waals surface area contributed by atoms with Gasteiger partial charge >= 0.3 is 12.4 Å². The zero-order chi connectivity index (χ0) is 27.2. The van der Waals surface area contributed by atoms with E-state index in [-0.39, 0.29) is 39.0 Å². The topological polar surface area (TPSA) is 102 Å². The second-order valence-electron chi connectivity index (χ2n) is 7.89. The maximum Gasteiger partial charge on any atom is 0.416 e. The molecule has 0 aliphatic carbocycles. The van der Waals surface area contributed by atoms with Crippen LogP contribution in [0.15, 0.2) is 77.7 Å². The summed E-state index contributed by atoms with van der Waals surface area (Å²) in [5.41, 5.74) is -3.21. The highest BCUT2D eigenvalue weighted by atomic mass is 32.2. The molecule has 192 valence electrons. The number of hydrogen-bond acceptors (Lipinski definition) is 4. The summed E-state index contributed by atoms with van der Waals surface area (Å²) in [6, 6.07) is 13.4. The Kier molecular flexibility index (Phi) is 6.46. The fraction of sp³-hybridized carbons (Fsp3) is 0.0833. The van der Waals surface area contributed by atoms with Gasteiger partial charge in [0.2, 0.25) is 10.0 Å². The number of anilines is 1. The first-order valence-electron chi connectivity index (χ1n) is 10.3. The molecular weight excluding hydrogens is 524 g/mol. The van der Waals surface area contributed by atoms with Gasteiger partial charge in [-0.1, -0.05) is 18.2 Å². The summed E-state index contributed by atoms with van der Waals surface area (Å²) >= 11 is 0. The molecule has 0 saturated heterocycles. The average Bonchev–Trinajstić information content (AvgIpc) is 2.81. The molecule has 0 atom stereocenters. The summed E-state index contributed by atoms with van der Waals surface area (Å²) < 4.78 is 103. The van der Waals surface area contributed by atoms with Gasteiger partial charge in [-0.2, -0.15) is 26.3 Å². The van der Waals surface area contributed by atoms with E-state index in [0.717, 1.165) is 0 Å². The molecule has 37 heavy (non-hydrogen) atoms. The van der Waals surface area contributed by atoms with E-state index in [0.29, 0.717) is 17.5 Å². The number of benzene rings is 3. The summed E-state index contributed by atoms with van der Waals surface area (Å²) in [6.07, 6.45) is -10.0. The van der Waals surface area contributed by atoms with Crippen molar-refractivity contribution < 1.29 is 39.6 Å². The third kappa shape index (κ3) is 5.73. The fourth-order valence-electron chi connectivity index (χ4n) is 3.54. The molecule has 1 heterocycles. The first kappa shape index (κ1) is 26.1. The molecule has 0 fully saturated rings. The number of amides is 1. The van der Waals surface area contributed by atoms with E-state index in [1.807, 2.05) is 0 Å². The van der Waals surface area contributed by atoms with E-state index in [9.17, 15) is 39.6 Å². The van der Waals surface area contributed by atoms with Crippen LogP contribution < -0.4 is 10.5 Å². The Morgan fingerprint density at radius 3 is 2.03 bits per heavy atom. The van der Waals surface area contributed by atoms with Crippen LogP contribution in [-0.4, -0.2) is 19.3 Å². The molecule has 3 aromatic carbocycles. The van der Waals surface area contributed by atoms with Crippen molar-refractivity contribution in [3.63, 3.8) is 0 Å². The second-order valence-corrected chi connectivity index (χ2v) is 9.42. The van der Waals surface area contributed by atoms with E-state index in [4.69, 9.17) is 5.14 Å². The number of primary sulfonamides is 1. The minimum atomic E-state index is -5.00. The first-order chi connectivity index (χ1) is 17.1. The molecule has 0 spiro atoms. The van der Waals surface area contributed by atoms with Crippen molar-refractivity contribution in [2.75, 3.05) is 5.32 Å². The number of halogens is 6.